The van der Waals surface area contributed by atoms with Crippen molar-refractivity contribution in [2.75, 3.05) is 25.1 Å². The van der Waals surface area contributed by atoms with Gasteiger partial charge in [-0.1, -0.05) is 0 Å². The molecule has 0 amide bonds. The molecule has 0 aliphatic rings. The van der Waals surface area contributed by atoms with Gasteiger partial charge in [-0.2, -0.15) is 0 Å². The van der Waals surface area contributed by atoms with Crippen LogP contribution in [0.3, 0.4) is 0 Å². The summed E-state index contributed by atoms with van der Waals surface area (Å²) in [7, 11) is 3.58. The number of nitrogens with zero attached hydrogens (tertiary/aromatic N) is 4. The van der Waals surface area contributed by atoms with Crippen LogP contribution in [0.2, 0.25) is 0 Å². The summed E-state index contributed by atoms with van der Waals surface area (Å²) in [4.78, 5) is 13.1. The fourth-order valence-corrected chi connectivity index (χ4v) is 2.75. The smallest absolute Gasteiger partial charge is 0.133 e. The lowest BCUT2D eigenvalue weighted by molar-refractivity contribution is 0.508. The minimum Gasteiger partial charge on any atom is -0.403 e. The van der Waals surface area contributed by atoms with E-state index in [1.807, 2.05) is 31.3 Å². The van der Waals surface area contributed by atoms with Crippen LogP contribution >= 0.6 is 0 Å². The molecule has 3 rings (SSSR count). The first kappa shape index (κ1) is 18.4. The van der Waals surface area contributed by atoms with Crippen LogP contribution in [0, 0.1) is 0 Å². The van der Waals surface area contributed by atoms with Crippen LogP contribution in [0.5, 0.6) is 0 Å². The molecule has 9 heteroatoms. The van der Waals surface area contributed by atoms with Crippen molar-refractivity contribution in [1.82, 2.24) is 25.3 Å². The first-order chi connectivity index (χ1) is 13.0. The van der Waals surface area contributed by atoms with Crippen molar-refractivity contribution in [3.8, 4) is 0 Å². The Bertz CT molecular complexity index is 982. The summed E-state index contributed by atoms with van der Waals surface area (Å²) in [6, 6.07) is 7.67. The summed E-state index contributed by atoms with van der Waals surface area (Å²) < 4.78 is 0. The van der Waals surface area contributed by atoms with E-state index in [9.17, 15) is 0 Å². The molecule has 0 radical (unpaired) electrons. The summed E-state index contributed by atoms with van der Waals surface area (Å²) in [5.74, 6) is 7.52. The fourth-order valence-electron chi connectivity index (χ4n) is 2.75. The van der Waals surface area contributed by atoms with Crippen molar-refractivity contribution in [2.45, 2.75) is 6.54 Å². The molecule has 0 spiro atoms. The van der Waals surface area contributed by atoms with Gasteiger partial charge in [-0.25, -0.2) is 20.8 Å². The Balaban J connectivity index is 1.97. The Kier molecular flexibility index (Phi) is 5.34. The van der Waals surface area contributed by atoms with Gasteiger partial charge in [0.05, 0.1) is 11.4 Å². The number of aromatic nitrogens is 3. The predicted molar refractivity (Wildman–Crippen MR) is 108 cm³/mol. The second-order valence-electron chi connectivity index (χ2n) is 6.05. The van der Waals surface area contributed by atoms with Gasteiger partial charge in [-0.3, -0.25) is 0 Å². The van der Waals surface area contributed by atoms with Gasteiger partial charge in [-0.15, -0.1) is 0 Å². The average Bonchev–Trinajstić information content (AvgIpc) is 2.62. The van der Waals surface area contributed by atoms with Crippen molar-refractivity contribution in [3.05, 3.63) is 54.1 Å². The third-order valence-electron chi connectivity index (χ3n) is 4.01. The topological polar surface area (TPSA) is 144 Å². The molecular formula is C18H23N9. The molecule has 0 saturated carbocycles. The number of fused-ring (bicyclic) bond motifs is 1. The van der Waals surface area contributed by atoms with Crippen LogP contribution < -0.4 is 27.9 Å². The molecule has 0 unspecified atom stereocenters. The van der Waals surface area contributed by atoms with Crippen LogP contribution in [0.25, 0.3) is 16.5 Å². The van der Waals surface area contributed by atoms with Crippen LogP contribution in [0.4, 0.5) is 17.5 Å². The van der Waals surface area contributed by atoms with Gasteiger partial charge in [0.2, 0.25) is 0 Å². The van der Waals surface area contributed by atoms with E-state index in [0.29, 0.717) is 28.8 Å². The average molecular weight is 365 g/mol. The van der Waals surface area contributed by atoms with Crippen LogP contribution in [0.1, 0.15) is 11.3 Å². The second kappa shape index (κ2) is 7.85. The summed E-state index contributed by atoms with van der Waals surface area (Å²) >= 11 is 0. The molecule has 0 fully saturated rings. The number of hydrazine groups is 1. The minimum absolute atomic E-state index is 0.358. The molecule has 3 heterocycles. The van der Waals surface area contributed by atoms with Gasteiger partial charge < -0.3 is 27.1 Å². The highest BCUT2D eigenvalue weighted by Crippen LogP contribution is 2.26. The Morgan fingerprint density at radius 2 is 2.00 bits per heavy atom. The normalized spacial score (nSPS) is 11.6. The molecule has 3 aromatic rings. The Morgan fingerprint density at radius 1 is 1.22 bits per heavy atom. The minimum atomic E-state index is 0.358. The zero-order chi connectivity index (χ0) is 19.4. The molecule has 0 atom stereocenters. The predicted octanol–water partition coefficient (Wildman–Crippen LogP) is 1.13. The molecule has 8 N–H and O–H groups in total. The number of hydrogen-bond donors (Lipinski definition) is 5. The maximum Gasteiger partial charge on any atom is 0.133 e. The maximum absolute atomic E-state index is 6.09. The molecule has 0 aromatic carbocycles. The van der Waals surface area contributed by atoms with Crippen LogP contribution in [-0.4, -0.2) is 34.1 Å². The van der Waals surface area contributed by atoms with E-state index in [1.165, 1.54) is 11.2 Å². The monoisotopic (exact) mass is 365 g/mol. The molecule has 0 aliphatic carbocycles. The zero-order valence-corrected chi connectivity index (χ0v) is 15.3. The molecule has 9 nitrogen and oxygen atoms in total. The first-order valence-electron chi connectivity index (χ1n) is 8.35. The van der Waals surface area contributed by atoms with Gasteiger partial charge in [0.1, 0.15) is 17.5 Å². The summed E-state index contributed by atoms with van der Waals surface area (Å²) in [5.41, 5.74) is 14.0. The lowest BCUT2D eigenvalue weighted by Crippen LogP contribution is -2.25. The molecule has 3 aromatic heterocycles. The molecule has 0 bridgehead atoms. The fraction of sp³-hybridized carbons (Fsp3) is 0.167. The number of nitrogens with two attached hydrogens (primary N) is 3. The van der Waals surface area contributed by atoms with E-state index < -0.39 is 0 Å². The molecule has 140 valence electrons. The lowest BCUT2D eigenvalue weighted by atomic mass is 10.1. The van der Waals surface area contributed by atoms with E-state index in [2.05, 4.69) is 25.6 Å². The van der Waals surface area contributed by atoms with Crippen molar-refractivity contribution in [1.29, 1.82) is 0 Å². The van der Waals surface area contributed by atoms with E-state index >= 15 is 0 Å². The Labute approximate surface area is 157 Å². The van der Waals surface area contributed by atoms with Gasteiger partial charge in [-0.05, 0) is 42.3 Å². The molecule has 0 aliphatic heterocycles. The van der Waals surface area contributed by atoms with Crippen LogP contribution in [0.15, 0.2) is 42.9 Å². The third kappa shape index (κ3) is 4.05. The number of nitrogen functional groups attached to an aromatic ring is 1. The number of rotatable bonds is 6. The zero-order valence-electron chi connectivity index (χ0n) is 15.3. The standard InChI is InChI=1S/C18H23N9/c1-22-9-11-3-4-23-16(5-11)26-17-7-12-6-14(15(8-19)27(2)21)25-18(20)13(12)10-24-17/h3-8,10,22H,9,19,21H2,1-2H3,(H2,20,25)(H,23,24,26)/b15-8-. The van der Waals surface area contributed by atoms with Gasteiger partial charge in [0.15, 0.2) is 0 Å². The Morgan fingerprint density at radius 3 is 2.70 bits per heavy atom. The van der Waals surface area contributed by atoms with Gasteiger partial charge in [0, 0.05) is 37.6 Å². The SMILES string of the molecule is CNCc1ccnc(Nc2cc3cc(/C(=C/N)N(C)N)nc(N)c3cn2)c1. The number of anilines is 3. The van der Waals surface area contributed by atoms with Gasteiger partial charge >= 0.3 is 0 Å². The van der Waals surface area contributed by atoms with Crippen molar-refractivity contribution >= 4 is 33.9 Å². The first-order valence-corrected chi connectivity index (χ1v) is 8.35. The van der Waals surface area contributed by atoms with E-state index in [4.69, 9.17) is 17.3 Å². The maximum atomic E-state index is 6.09. The second-order valence-corrected chi connectivity index (χ2v) is 6.05. The highest BCUT2D eigenvalue weighted by atomic mass is 15.4. The third-order valence-corrected chi connectivity index (χ3v) is 4.01. The van der Waals surface area contributed by atoms with Crippen molar-refractivity contribution < 1.29 is 0 Å². The quantitative estimate of drug-likeness (QED) is 0.321. The highest BCUT2D eigenvalue weighted by molar-refractivity contribution is 5.93. The van der Waals surface area contributed by atoms with E-state index in [1.54, 1.807) is 19.4 Å². The largest absolute Gasteiger partial charge is 0.403 e. The van der Waals surface area contributed by atoms with E-state index in [0.717, 1.165) is 22.9 Å². The lowest BCUT2D eigenvalue weighted by Gasteiger charge is -2.16. The molecule has 27 heavy (non-hydrogen) atoms. The van der Waals surface area contributed by atoms with Crippen LogP contribution in [-0.2, 0) is 6.54 Å². The number of nitrogens with one attached hydrogen (secondary N) is 2. The number of hydrogen-bond acceptors (Lipinski definition) is 9. The summed E-state index contributed by atoms with van der Waals surface area (Å²) in [5, 5.41) is 9.33. The summed E-state index contributed by atoms with van der Waals surface area (Å²) in [6.45, 7) is 0.759. The van der Waals surface area contributed by atoms with Crippen molar-refractivity contribution in [2.24, 2.45) is 11.6 Å². The van der Waals surface area contributed by atoms with Crippen molar-refractivity contribution in [3.63, 3.8) is 0 Å². The number of pyridine rings is 3. The highest BCUT2D eigenvalue weighted by Gasteiger charge is 2.11. The molecular weight excluding hydrogens is 342 g/mol. The van der Waals surface area contributed by atoms with Gasteiger partial charge in [0.25, 0.3) is 0 Å². The summed E-state index contributed by atoms with van der Waals surface area (Å²) in [6.07, 6.45) is 4.83. The molecule has 0 saturated heterocycles. The Hall–Kier alpha value is -3.43. The van der Waals surface area contributed by atoms with E-state index in [-0.39, 0.29) is 0 Å².